The van der Waals surface area contributed by atoms with Gasteiger partial charge in [0.15, 0.2) is 0 Å². The molecule has 1 saturated heterocycles. The number of carbonyl (C=O) groups is 1. The van der Waals surface area contributed by atoms with Gasteiger partial charge in [0.1, 0.15) is 0 Å². The Balaban J connectivity index is 2.51. The maximum absolute atomic E-state index is 11.7. The van der Waals surface area contributed by atoms with Crippen molar-refractivity contribution in [3.8, 4) is 0 Å². The van der Waals surface area contributed by atoms with E-state index in [-0.39, 0.29) is 11.9 Å². The van der Waals surface area contributed by atoms with Crippen LogP contribution in [0, 0.1) is 0 Å². The van der Waals surface area contributed by atoms with Gasteiger partial charge < -0.3 is 10.2 Å². The van der Waals surface area contributed by atoms with Crippen LogP contribution in [-0.4, -0.2) is 36.5 Å². The summed E-state index contributed by atoms with van der Waals surface area (Å²) in [6.45, 7) is 4.96. The minimum absolute atomic E-state index is 0.0365. The molecule has 0 aromatic rings. The molecule has 0 radical (unpaired) electrons. The molecule has 1 fully saturated rings. The van der Waals surface area contributed by atoms with Gasteiger partial charge in [0, 0.05) is 12.6 Å². The average molecular weight is 170 g/mol. The standard InChI is InChI=1S/C9H18N2O/c1-7-5-4-6-11(7)9(12)8(2)10-3/h7-8,10H,4-6H2,1-3H3. The molecule has 1 aliphatic rings. The van der Waals surface area contributed by atoms with Crippen LogP contribution in [-0.2, 0) is 4.79 Å². The third-order valence-electron chi connectivity index (χ3n) is 2.64. The van der Waals surface area contributed by atoms with Gasteiger partial charge in [-0.05, 0) is 33.7 Å². The van der Waals surface area contributed by atoms with E-state index in [1.165, 1.54) is 0 Å². The molecule has 0 aromatic heterocycles. The lowest BCUT2D eigenvalue weighted by Gasteiger charge is -2.24. The van der Waals surface area contributed by atoms with Gasteiger partial charge in [0.25, 0.3) is 0 Å². The van der Waals surface area contributed by atoms with Crippen molar-refractivity contribution >= 4 is 5.91 Å². The maximum atomic E-state index is 11.7. The number of rotatable bonds is 2. The zero-order valence-electron chi connectivity index (χ0n) is 8.13. The Kier molecular flexibility index (Phi) is 3.09. The fourth-order valence-corrected chi connectivity index (χ4v) is 1.63. The van der Waals surface area contributed by atoms with Crippen molar-refractivity contribution in [2.24, 2.45) is 0 Å². The van der Waals surface area contributed by atoms with Crippen LogP contribution in [0.4, 0.5) is 0 Å². The van der Waals surface area contributed by atoms with Gasteiger partial charge in [-0.1, -0.05) is 0 Å². The topological polar surface area (TPSA) is 32.3 Å². The van der Waals surface area contributed by atoms with Crippen LogP contribution >= 0.6 is 0 Å². The van der Waals surface area contributed by atoms with Crippen LogP contribution in [0.2, 0.25) is 0 Å². The van der Waals surface area contributed by atoms with E-state index in [0.29, 0.717) is 6.04 Å². The Bertz CT molecular complexity index is 170. The predicted octanol–water partition coefficient (Wildman–Crippen LogP) is 0.605. The highest BCUT2D eigenvalue weighted by Gasteiger charge is 2.27. The Morgan fingerprint density at radius 2 is 2.33 bits per heavy atom. The molecular weight excluding hydrogens is 152 g/mol. The van der Waals surface area contributed by atoms with Gasteiger partial charge in [-0.15, -0.1) is 0 Å². The molecule has 2 unspecified atom stereocenters. The fourth-order valence-electron chi connectivity index (χ4n) is 1.63. The molecule has 70 valence electrons. The van der Waals surface area contributed by atoms with E-state index in [2.05, 4.69) is 12.2 Å². The molecule has 12 heavy (non-hydrogen) atoms. The highest BCUT2D eigenvalue weighted by Crippen LogP contribution is 2.16. The van der Waals surface area contributed by atoms with Crippen LogP contribution < -0.4 is 5.32 Å². The highest BCUT2D eigenvalue weighted by molar-refractivity contribution is 5.81. The van der Waals surface area contributed by atoms with E-state index in [4.69, 9.17) is 0 Å². The molecular formula is C9H18N2O. The second-order valence-corrected chi connectivity index (χ2v) is 3.53. The molecule has 1 aliphatic heterocycles. The lowest BCUT2D eigenvalue weighted by molar-refractivity contribution is -0.133. The number of carbonyl (C=O) groups excluding carboxylic acids is 1. The largest absolute Gasteiger partial charge is 0.339 e. The number of hydrogen-bond acceptors (Lipinski definition) is 2. The third-order valence-corrected chi connectivity index (χ3v) is 2.64. The van der Waals surface area contributed by atoms with Crippen molar-refractivity contribution in [3.63, 3.8) is 0 Å². The summed E-state index contributed by atoms with van der Waals surface area (Å²) < 4.78 is 0. The Morgan fingerprint density at radius 3 is 2.75 bits per heavy atom. The third kappa shape index (κ3) is 1.78. The molecule has 3 nitrogen and oxygen atoms in total. The van der Waals surface area contributed by atoms with Gasteiger partial charge in [0.05, 0.1) is 6.04 Å². The quantitative estimate of drug-likeness (QED) is 0.658. The van der Waals surface area contributed by atoms with Crippen LogP contribution in [0.5, 0.6) is 0 Å². The lowest BCUT2D eigenvalue weighted by atomic mass is 10.2. The van der Waals surface area contributed by atoms with E-state index in [1.807, 2.05) is 18.9 Å². The van der Waals surface area contributed by atoms with Crippen molar-refractivity contribution in [3.05, 3.63) is 0 Å². The molecule has 1 N–H and O–H groups in total. The van der Waals surface area contributed by atoms with E-state index in [9.17, 15) is 4.79 Å². The van der Waals surface area contributed by atoms with Crippen LogP contribution in [0.15, 0.2) is 0 Å². The van der Waals surface area contributed by atoms with E-state index in [1.54, 1.807) is 0 Å². The highest BCUT2D eigenvalue weighted by atomic mass is 16.2. The van der Waals surface area contributed by atoms with Crippen molar-refractivity contribution in [2.45, 2.75) is 38.8 Å². The van der Waals surface area contributed by atoms with Crippen LogP contribution in [0.1, 0.15) is 26.7 Å². The van der Waals surface area contributed by atoms with Gasteiger partial charge in [0.2, 0.25) is 5.91 Å². The summed E-state index contributed by atoms with van der Waals surface area (Å²) >= 11 is 0. The molecule has 0 saturated carbocycles. The first kappa shape index (κ1) is 9.52. The number of amides is 1. The van der Waals surface area contributed by atoms with E-state index >= 15 is 0 Å². The van der Waals surface area contributed by atoms with Gasteiger partial charge in [-0.25, -0.2) is 0 Å². The Labute approximate surface area is 74.1 Å². The van der Waals surface area contributed by atoms with Gasteiger partial charge >= 0.3 is 0 Å². The maximum Gasteiger partial charge on any atom is 0.239 e. The summed E-state index contributed by atoms with van der Waals surface area (Å²) in [5.74, 6) is 0.238. The molecule has 0 aromatic carbocycles. The zero-order valence-corrected chi connectivity index (χ0v) is 8.13. The van der Waals surface area contributed by atoms with Crippen LogP contribution in [0.25, 0.3) is 0 Å². The van der Waals surface area contributed by atoms with Crippen LogP contribution in [0.3, 0.4) is 0 Å². The Morgan fingerprint density at radius 1 is 1.67 bits per heavy atom. The van der Waals surface area contributed by atoms with Crippen molar-refractivity contribution in [2.75, 3.05) is 13.6 Å². The smallest absolute Gasteiger partial charge is 0.239 e. The summed E-state index contributed by atoms with van der Waals surface area (Å²) in [4.78, 5) is 13.6. The number of nitrogens with zero attached hydrogens (tertiary/aromatic N) is 1. The molecule has 1 amide bonds. The summed E-state index contributed by atoms with van der Waals surface area (Å²) in [5, 5.41) is 2.97. The average Bonchev–Trinajstić information content (AvgIpc) is 2.48. The van der Waals surface area contributed by atoms with E-state index in [0.717, 1.165) is 19.4 Å². The lowest BCUT2D eigenvalue weighted by Crippen LogP contribution is -2.44. The summed E-state index contributed by atoms with van der Waals surface area (Å²) in [5.41, 5.74) is 0. The second-order valence-electron chi connectivity index (χ2n) is 3.53. The first-order valence-corrected chi connectivity index (χ1v) is 4.64. The predicted molar refractivity (Wildman–Crippen MR) is 48.9 cm³/mol. The first-order chi connectivity index (χ1) is 5.66. The SMILES string of the molecule is CNC(C)C(=O)N1CCCC1C. The van der Waals surface area contributed by atoms with Crippen molar-refractivity contribution < 1.29 is 4.79 Å². The van der Waals surface area contributed by atoms with Gasteiger partial charge in [-0.2, -0.15) is 0 Å². The number of nitrogens with one attached hydrogen (secondary N) is 1. The minimum atomic E-state index is -0.0365. The molecule has 0 spiro atoms. The minimum Gasteiger partial charge on any atom is -0.339 e. The molecule has 0 bridgehead atoms. The second kappa shape index (κ2) is 3.90. The summed E-state index contributed by atoms with van der Waals surface area (Å²) in [6.07, 6.45) is 2.31. The van der Waals surface area contributed by atoms with Crippen molar-refractivity contribution in [1.29, 1.82) is 0 Å². The first-order valence-electron chi connectivity index (χ1n) is 4.64. The molecule has 3 heteroatoms. The Hall–Kier alpha value is -0.570. The molecule has 0 aliphatic carbocycles. The summed E-state index contributed by atoms with van der Waals surface area (Å²) in [7, 11) is 1.82. The molecule has 1 rings (SSSR count). The molecule has 1 heterocycles. The number of hydrogen-bond donors (Lipinski definition) is 1. The molecule has 2 atom stereocenters. The zero-order chi connectivity index (χ0) is 9.14. The number of likely N-dealkylation sites (tertiary alicyclic amines) is 1. The van der Waals surface area contributed by atoms with Crippen molar-refractivity contribution in [1.82, 2.24) is 10.2 Å². The fraction of sp³-hybridized carbons (Fsp3) is 0.889. The monoisotopic (exact) mass is 170 g/mol. The number of likely N-dealkylation sites (N-methyl/N-ethyl adjacent to an activating group) is 1. The van der Waals surface area contributed by atoms with E-state index < -0.39 is 0 Å². The summed E-state index contributed by atoms with van der Waals surface area (Å²) in [6, 6.07) is 0.402. The normalized spacial score (nSPS) is 25.9. The van der Waals surface area contributed by atoms with Gasteiger partial charge in [-0.3, -0.25) is 4.79 Å².